The van der Waals surface area contributed by atoms with Crippen molar-refractivity contribution in [2.24, 2.45) is 5.92 Å². The summed E-state index contributed by atoms with van der Waals surface area (Å²) in [5.74, 6) is 0.554. The monoisotopic (exact) mass is 294 g/mol. The molecule has 2 heterocycles. The number of piperidine rings is 1. The van der Waals surface area contributed by atoms with Gasteiger partial charge in [-0.1, -0.05) is 13.8 Å². The van der Waals surface area contributed by atoms with Crippen LogP contribution in [0.3, 0.4) is 0 Å². The number of nitrogens with zero attached hydrogens (tertiary/aromatic N) is 1. The van der Waals surface area contributed by atoms with Gasteiger partial charge in [0.25, 0.3) is 5.91 Å². The first-order valence-electron chi connectivity index (χ1n) is 7.79. The Bertz CT molecular complexity index is 423. The highest BCUT2D eigenvalue weighted by Gasteiger charge is 2.24. The zero-order valence-corrected chi connectivity index (χ0v) is 12.9. The van der Waals surface area contributed by atoms with Gasteiger partial charge in [0.1, 0.15) is 6.26 Å². The highest BCUT2D eigenvalue weighted by Crippen LogP contribution is 2.14. The van der Waals surface area contributed by atoms with E-state index in [4.69, 9.17) is 4.42 Å². The second-order valence-corrected chi connectivity index (χ2v) is 6.27. The molecule has 1 atom stereocenters. The Labute approximate surface area is 126 Å². The molecule has 0 bridgehead atoms. The van der Waals surface area contributed by atoms with Gasteiger partial charge in [-0.25, -0.2) is 0 Å². The minimum atomic E-state index is -0.282. The summed E-state index contributed by atoms with van der Waals surface area (Å²) in [7, 11) is 0. The molecule has 1 aliphatic rings. The zero-order valence-electron chi connectivity index (χ0n) is 12.9. The quantitative estimate of drug-likeness (QED) is 0.841. The molecule has 2 N–H and O–H groups in total. The fourth-order valence-electron chi connectivity index (χ4n) is 2.79. The zero-order chi connectivity index (χ0) is 15.2. The standard InChI is InChI=1S/C16H26N2O3/c1-12(2)9-15(19)10-17-14-3-6-18(7-4-14)16(20)13-5-8-21-11-13/h5,8,11-12,14-15,17,19H,3-4,6-7,9-10H2,1-2H3. The fourth-order valence-corrected chi connectivity index (χ4v) is 2.79. The van der Waals surface area contributed by atoms with E-state index in [1.165, 1.54) is 12.5 Å². The van der Waals surface area contributed by atoms with Crippen molar-refractivity contribution in [2.45, 2.75) is 45.3 Å². The first-order valence-corrected chi connectivity index (χ1v) is 7.79. The summed E-state index contributed by atoms with van der Waals surface area (Å²) in [6, 6.07) is 2.09. The fraction of sp³-hybridized carbons (Fsp3) is 0.688. The van der Waals surface area contributed by atoms with Gasteiger partial charge < -0.3 is 19.7 Å². The molecule has 118 valence electrons. The summed E-state index contributed by atoms with van der Waals surface area (Å²) in [5.41, 5.74) is 0.619. The van der Waals surface area contributed by atoms with Crippen LogP contribution in [0.5, 0.6) is 0 Å². The van der Waals surface area contributed by atoms with E-state index in [0.717, 1.165) is 32.4 Å². The topological polar surface area (TPSA) is 65.7 Å². The molecule has 0 aromatic carbocycles. The Balaban J connectivity index is 1.70. The summed E-state index contributed by atoms with van der Waals surface area (Å²) in [6.07, 6.45) is 5.42. The molecular weight excluding hydrogens is 268 g/mol. The third-order valence-corrected chi connectivity index (χ3v) is 3.94. The van der Waals surface area contributed by atoms with Crippen molar-refractivity contribution in [2.75, 3.05) is 19.6 Å². The van der Waals surface area contributed by atoms with Crippen LogP contribution < -0.4 is 5.32 Å². The van der Waals surface area contributed by atoms with Crippen LogP contribution in [0.1, 0.15) is 43.5 Å². The van der Waals surface area contributed by atoms with E-state index in [-0.39, 0.29) is 12.0 Å². The number of furan rings is 1. The molecule has 2 rings (SSSR count). The summed E-state index contributed by atoms with van der Waals surface area (Å²) in [5, 5.41) is 13.3. The Morgan fingerprint density at radius 2 is 2.19 bits per heavy atom. The maximum atomic E-state index is 12.2. The van der Waals surface area contributed by atoms with Gasteiger partial charge in [-0.2, -0.15) is 0 Å². The molecule has 0 aliphatic carbocycles. The average molecular weight is 294 g/mol. The van der Waals surface area contributed by atoms with Crippen LogP contribution in [-0.4, -0.2) is 47.7 Å². The number of likely N-dealkylation sites (tertiary alicyclic amines) is 1. The van der Waals surface area contributed by atoms with E-state index >= 15 is 0 Å². The molecule has 1 aliphatic heterocycles. The van der Waals surface area contributed by atoms with Gasteiger partial charge >= 0.3 is 0 Å². The maximum Gasteiger partial charge on any atom is 0.257 e. The lowest BCUT2D eigenvalue weighted by Crippen LogP contribution is -2.46. The van der Waals surface area contributed by atoms with Crippen LogP contribution in [0, 0.1) is 5.92 Å². The number of carbonyl (C=O) groups is 1. The Kier molecular flexibility index (Phi) is 5.82. The van der Waals surface area contributed by atoms with Crippen LogP contribution in [-0.2, 0) is 0 Å². The van der Waals surface area contributed by atoms with Crippen LogP contribution in [0.4, 0.5) is 0 Å². The SMILES string of the molecule is CC(C)CC(O)CNC1CCN(C(=O)c2ccoc2)CC1. The number of hydrogen-bond acceptors (Lipinski definition) is 4. The van der Waals surface area contributed by atoms with Crippen LogP contribution in [0.2, 0.25) is 0 Å². The third kappa shape index (κ3) is 4.86. The summed E-state index contributed by atoms with van der Waals surface area (Å²) in [4.78, 5) is 14.0. The first-order chi connectivity index (χ1) is 10.1. The van der Waals surface area contributed by atoms with Crippen molar-refractivity contribution in [3.05, 3.63) is 24.2 Å². The Hall–Kier alpha value is -1.33. The van der Waals surface area contributed by atoms with Crippen molar-refractivity contribution < 1.29 is 14.3 Å². The van der Waals surface area contributed by atoms with Crippen molar-refractivity contribution in [3.63, 3.8) is 0 Å². The Morgan fingerprint density at radius 3 is 2.76 bits per heavy atom. The lowest BCUT2D eigenvalue weighted by atomic mass is 10.0. The molecule has 1 fully saturated rings. The number of hydrogen-bond donors (Lipinski definition) is 2. The van der Waals surface area contributed by atoms with E-state index < -0.39 is 0 Å². The van der Waals surface area contributed by atoms with Crippen LogP contribution in [0.15, 0.2) is 23.0 Å². The number of rotatable bonds is 6. The molecule has 1 unspecified atom stereocenters. The number of aliphatic hydroxyl groups is 1. The number of aliphatic hydroxyl groups excluding tert-OH is 1. The second-order valence-electron chi connectivity index (χ2n) is 6.27. The van der Waals surface area contributed by atoms with Crippen molar-refractivity contribution in [1.82, 2.24) is 10.2 Å². The van der Waals surface area contributed by atoms with Gasteiger partial charge in [0.05, 0.1) is 17.9 Å². The van der Waals surface area contributed by atoms with Crippen molar-refractivity contribution in [3.8, 4) is 0 Å². The predicted molar refractivity (Wildman–Crippen MR) is 81.1 cm³/mol. The van der Waals surface area contributed by atoms with E-state index in [2.05, 4.69) is 19.2 Å². The van der Waals surface area contributed by atoms with Crippen LogP contribution >= 0.6 is 0 Å². The molecule has 0 saturated carbocycles. The Morgan fingerprint density at radius 1 is 1.48 bits per heavy atom. The summed E-state index contributed by atoms with van der Waals surface area (Å²) >= 11 is 0. The van der Waals surface area contributed by atoms with Gasteiger partial charge in [-0.05, 0) is 31.2 Å². The molecule has 0 radical (unpaired) electrons. The number of nitrogens with one attached hydrogen (secondary N) is 1. The molecular formula is C16H26N2O3. The minimum Gasteiger partial charge on any atom is -0.472 e. The molecule has 1 saturated heterocycles. The first kappa shape index (κ1) is 16.0. The third-order valence-electron chi connectivity index (χ3n) is 3.94. The van der Waals surface area contributed by atoms with Gasteiger partial charge in [0, 0.05) is 25.7 Å². The average Bonchev–Trinajstić information content (AvgIpc) is 2.98. The molecule has 21 heavy (non-hydrogen) atoms. The highest BCUT2D eigenvalue weighted by molar-refractivity contribution is 5.93. The van der Waals surface area contributed by atoms with E-state index in [0.29, 0.717) is 24.1 Å². The van der Waals surface area contributed by atoms with E-state index in [1.807, 2.05) is 4.90 Å². The lowest BCUT2D eigenvalue weighted by molar-refractivity contribution is 0.0694. The normalized spacial score (nSPS) is 18.2. The van der Waals surface area contributed by atoms with Gasteiger partial charge in [0.15, 0.2) is 0 Å². The minimum absolute atomic E-state index is 0.0436. The molecule has 0 spiro atoms. The number of amides is 1. The van der Waals surface area contributed by atoms with E-state index in [9.17, 15) is 9.90 Å². The highest BCUT2D eigenvalue weighted by atomic mass is 16.3. The maximum absolute atomic E-state index is 12.2. The molecule has 5 nitrogen and oxygen atoms in total. The van der Waals surface area contributed by atoms with Crippen molar-refractivity contribution >= 4 is 5.91 Å². The van der Waals surface area contributed by atoms with Gasteiger partial charge in [0.2, 0.25) is 0 Å². The largest absolute Gasteiger partial charge is 0.472 e. The second kappa shape index (κ2) is 7.61. The van der Waals surface area contributed by atoms with Crippen LogP contribution in [0.25, 0.3) is 0 Å². The van der Waals surface area contributed by atoms with Gasteiger partial charge in [-0.15, -0.1) is 0 Å². The molecule has 5 heteroatoms. The summed E-state index contributed by atoms with van der Waals surface area (Å²) < 4.78 is 4.96. The smallest absolute Gasteiger partial charge is 0.257 e. The van der Waals surface area contributed by atoms with Gasteiger partial charge in [-0.3, -0.25) is 4.79 Å². The predicted octanol–water partition coefficient (Wildman–Crippen LogP) is 1.88. The molecule has 1 aromatic heterocycles. The lowest BCUT2D eigenvalue weighted by Gasteiger charge is -2.32. The molecule has 1 aromatic rings. The van der Waals surface area contributed by atoms with Crippen molar-refractivity contribution in [1.29, 1.82) is 0 Å². The number of carbonyl (C=O) groups excluding carboxylic acids is 1. The summed E-state index contributed by atoms with van der Waals surface area (Å²) in [6.45, 7) is 6.37. The molecule has 1 amide bonds. The van der Waals surface area contributed by atoms with E-state index in [1.54, 1.807) is 6.07 Å².